The van der Waals surface area contributed by atoms with E-state index < -0.39 is 11.5 Å². The van der Waals surface area contributed by atoms with Gasteiger partial charge in [-0.3, -0.25) is 4.79 Å². The number of ether oxygens (including phenoxy) is 2. The maximum Gasteiger partial charge on any atom is 0.232 e. The largest absolute Gasteiger partial charge is 0.504 e. The van der Waals surface area contributed by atoms with Crippen LogP contribution in [0, 0.1) is 0 Å². The molecular formula is C16H12O6. The van der Waals surface area contributed by atoms with Crippen LogP contribution in [0.25, 0.3) is 6.08 Å². The summed E-state index contributed by atoms with van der Waals surface area (Å²) < 4.78 is 10.3. The molecule has 0 aliphatic carbocycles. The van der Waals surface area contributed by atoms with E-state index in [1.165, 1.54) is 31.4 Å². The van der Waals surface area contributed by atoms with Gasteiger partial charge in [0.1, 0.15) is 0 Å². The fraction of sp³-hybridized carbons (Fsp3) is 0.0625. The Bertz CT molecular complexity index is 807. The predicted molar refractivity (Wildman–Crippen MR) is 77.4 cm³/mol. The van der Waals surface area contributed by atoms with Gasteiger partial charge in [0.05, 0.1) is 12.7 Å². The number of fused-ring (bicyclic) bond motifs is 1. The van der Waals surface area contributed by atoms with E-state index in [1.807, 2.05) is 0 Å². The summed E-state index contributed by atoms with van der Waals surface area (Å²) in [5.41, 5.74) is 0.752. The molecule has 0 atom stereocenters. The lowest BCUT2D eigenvalue weighted by molar-refractivity contribution is 0.101. The van der Waals surface area contributed by atoms with E-state index in [2.05, 4.69) is 0 Å². The van der Waals surface area contributed by atoms with Crippen LogP contribution in [-0.4, -0.2) is 28.2 Å². The first-order valence-electron chi connectivity index (χ1n) is 6.37. The molecule has 0 amide bonds. The van der Waals surface area contributed by atoms with Crippen molar-refractivity contribution >= 4 is 11.9 Å². The highest BCUT2D eigenvalue weighted by Crippen LogP contribution is 2.44. The number of hydrogen-bond acceptors (Lipinski definition) is 6. The topological polar surface area (TPSA) is 96.2 Å². The lowest BCUT2D eigenvalue weighted by Crippen LogP contribution is -1.98. The molecule has 2 aromatic rings. The van der Waals surface area contributed by atoms with Gasteiger partial charge in [0.15, 0.2) is 28.8 Å². The molecule has 0 spiro atoms. The van der Waals surface area contributed by atoms with Gasteiger partial charge in [-0.2, -0.15) is 0 Å². The van der Waals surface area contributed by atoms with Crippen molar-refractivity contribution in [2.24, 2.45) is 0 Å². The number of hydrogen-bond donors (Lipinski definition) is 3. The lowest BCUT2D eigenvalue weighted by atomic mass is 10.1. The number of aromatic hydroxyl groups is 3. The minimum atomic E-state index is -0.475. The molecule has 0 radical (unpaired) electrons. The summed E-state index contributed by atoms with van der Waals surface area (Å²) in [6.07, 6.45) is 1.46. The molecule has 1 heterocycles. The molecule has 112 valence electrons. The molecule has 3 N–H and O–H groups in total. The third-order valence-electron chi connectivity index (χ3n) is 3.29. The average molecular weight is 300 g/mol. The minimum absolute atomic E-state index is 0.00337. The van der Waals surface area contributed by atoms with Crippen LogP contribution in [0.3, 0.4) is 0 Å². The van der Waals surface area contributed by atoms with E-state index >= 15 is 0 Å². The van der Waals surface area contributed by atoms with Gasteiger partial charge in [-0.1, -0.05) is 6.07 Å². The first-order valence-corrected chi connectivity index (χ1v) is 6.37. The van der Waals surface area contributed by atoms with Crippen LogP contribution in [0.2, 0.25) is 0 Å². The number of carbonyl (C=O) groups excluding carboxylic acids is 1. The van der Waals surface area contributed by atoms with Gasteiger partial charge in [0.2, 0.25) is 11.5 Å². The maximum atomic E-state index is 12.2. The molecule has 0 saturated heterocycles. The van der Waals surface area contributed by atoms with Gasteiger partial charge < -0.3 is 24.8 Å². The Kier molecular flexibility index (Phi) is 3.14. The van der Waals surface area contributed by atoms with Crippen molar-refractivity contribution in [1.82, 2.24) is 0 Å². The first-order chi connectivity index (χ1) is 10.5. The number of benzene rings is 2. The van der Waals surface area contributed by atoms with Crippen LogP contribution < -0.4 is 9.47 Å². The number of methoxy groups -OCH3 is 1. The fourth-order valence-electron chi connectivity index (χ4n) is 2.16. The first kappa shape index (κ1) is 13.8. The minimum Gasteiger partial charge on any atom is -0.504 e. The number of rotatable bonds is 2. The highest BCUT2D eigenvalue weighted by atomic mass is 16.5. The van der Waals surface area contributed by atoms with Gasteiger partial charge in [-0.25, -0.2) is 0 Å². The number of allylic oxidation sites excluding steroid dienone is 1. The molecule has 6 nitrogen and oxygen atoms in total. The SMILES string of the molecule is COc1cc(C=C2Oc3c(ccc(O)c3O)C2=O)ccc1O. The van der Waals surface area contributed by atoms with Crippen molar-refractivity contribution in [3.8, 4) is 28.7 Å². The zero-order valence-electron chi connectivity index (χ0n) is 11.5. The second-order valence-corrected chi connectivity index (χ2v) is 4.68. The third-order valence-corrected chi connectivity index (χ3v) is 3.29. The molecule has 22 heavy (non-hydrogen) atoms. The van der Waals surface area contributed by atoms with Crippen LogP contribution >= 0.6 is 0 Å². The Balaban J connectivity index is 2.01. The normalized spacial score (nSPS) is 14.8. The summed E-state index contributed by atoms with van der Waals surface area (Å²) in [5, 5.41) is 28.7. The van der Waals surface area contributed by atoms with E-state index in [4.69, 9.17) is 9.47 Å². The Morgan fingerprint density at radius 3 is 2.55 bits per heavy atom. The molecule has 0 unspecified atom stereocenters. The summed E-state index contributed by atoms with van der Waals surface area (Å²) in [4.78, 5) is 12.2. The molecule has 6 heteroatoms. The van der Waals surface area contributed by atoms with Crippen molar-refractivity contribution in [2.75, 3.05) is 7.11 Å². The number of phenols is 3. The highest BCUT2D eigenvalue weighted by molar-refractivity contribution is 6.15. The Morgan fingerprint density at radius 1 is 1.09 bits per heavy atom. The summed E-state index contributed by atoms with van der Waals surface area (Å²) in [5.74, 6) is -1.06. The van der Waals surface area contributed by atoms with Gasteiger partial charge in [-0.05, 0) is 35.9 Å². The number of carbonyl (C=O) groups is 1. The molecule has 0 fully saturated rings. The second-order valence-electron chi connectivity index (χ2n) is 4.68. The number of ketones is 1. The summed E-state index contributed by atoms with van der Waals surface area (Å²) in [6, 6.07) is 7.16. The highest BCUT2D eigenvalue weighted by Gasteiger charge is 2.31. The Hall–Kier alpha value is -3.15. The molecule has 1 aliphatic heterocycles. The fourth-order valence-corrected chi connectivity index (χ4v) is 2.16. The van der Waals surface area contributed by atoms with Crippen LogP contribution in [0.4, 0.5) is 0 Å². The van der Waals surface area contributed by atoms with Crippen molar-refractivity contribution < 1.29 is 29.6 Å². The molecule has 0 bridgehead atoms. The monoisotopic (exact) mass is 300 g/mol. The van der Waals surface area contributed by atoms with E-state index in [9.17, 15) is 20.1 Å². The van der Waals surface area contributed by atoms with Crippen LogP contribution in [-0.2, 0) is 0 Å². The van der Waals surface area contributed by atoms with Gasteiger partial charge in [0.25, 0.3) is 0 Å². The molecule has 3 rings (SSSR count). The molecule has 0 saturated carbocycles. The molecule has 2 aromatic carbocycles. The van der Waals surface area contributed by atoms with Crippen molar-refractivity contribution in [2.45, 2.75) is 0 Å². The van der Waals surface area contributed by atoms with Crippen LogP contribution in [0.5, 0.6) is 28.7 Å². The van der Waals surface area contributed by atoms with Crippen LogP contribution in [0.1, 0.15) is 15.9 Å². The maximum absolute atomic E-state index is 12.2. The van der Waals surface area contributed by atoms with Gasteiger partial charge in [-0.15, -0.1) is 0 Å². The van der Waals surface area contributed by atoms with Gasteiger partial charge in [0, 0.05) is 0 Å². The Morgan fingerprint density at radius 2 is 1.82 bits per heavy atom. The van der Waals surface area contributed by atoms with E-state index in [0.717, 1.165) is 0 Å². The number of Topliss-reactive ketones (excluding diaryl/α,β-unsaturated/α-hetero) is 1. The predicted octanol–water partition coefficient (Wildman–Crippen LogP) is 2.43. The second kappa shape index (κ2) is 5.00. The van der Waals surface area contributed by atoms with Crippen molar-refractivity contribution in [1.29, 1.82) is 0 Å². The van der Waals surface area contributed by atoms with E-state index in [0.29, 0.717) is 5.56 Å². The van der Waals surface area contributed by atoms with Crippen molar-refractivity contribution in [3.63, 3.8) is 0 Å². The standard InChI is InChI=1S/C16H12O6/c1-21-12-6-8(2-4-10(12)17)7-13-14(19)9-3-5-11(18)15(20)16(9)22-13/h2-7,17-18,20H,1H3. The molecule has 0 aromatic heterocycles. The molecule has 1 aliphatic rings. The van der Waals surface area contributed by atoms with Gasteiger partial charge >= 0.3 is 0 Å². The summed E-state index contributed by atoms with van der Waals surface area (Å²) in [7, 11) is 1.42. The zero-order valence-corrected chi connectivity index (χ0v) is 11.5. The smallest absolute Gasteiger partial charge is 0.232 e. The quantitative estimate of drug-likeness (QED) is 0.582. The third kappa shape index (κ3) is 2.10. The van der Waals surface area contributed by atoms with E-state index in [-0.39, 0.29) is 34.3 Å². The zero-order chi connectivity index (χ0) is 15.9. The molecular weight excluding hydrogens is 288 g/mol. The van der Waals surface area contributed by atoms with E-state index in [1.54, 1.807) is 12.1 Å². The summed E-state index contributed by atoms with van der Waals surface area (Å²) in [6.45, 7) is 0. The number of phenolic OH excluding ortho intramolecular Hbond substituents is 3. The van der Waals surface area contributed by atoms with Crippen molar-refractivity contribution in [3.05, 3.63) is 47.2 Å². The summed E-state index contributed by atoms with van der Waals surface area (Å²) >= 11 is 0. The van der Waals surface area contributed by atoms with Crippen LogP contribution in [0.15, 0.2) is 36.1 Å². The average Bonchev–Trinajstić information content (AvgIpc) is 2.82. The lowest BCUT2D eigenvalue weighted by Gasteiger charge is -2.05. The Labute approximate surface area is 125 Å².